The molecule has 6 nitrogen and oxygen atoms in total. The van der Waals surface area contributed by atoms with E-state index in [1.165, 1.54) is 12.1 Å². The molecule has 1 heterocycles. The lowest BCUT2D eigenvalue weighted by molar-refractivity contribution is -0.384. The summed E-state index contributed by atoms with van der Waals surface area (Å²) in [5.41, 5.74) is 2.23. The molecule has 1 aromatic carbocycles. The molecular weight excluding hydrogens is 280 g/mol. The van der Waals surface area contributed by atoms with Crippen molar-refractivity contribution in [1.82, 2.24) is 0 Å². The Bertz CT molecular complexity index is 666. The van der Waals surface area contributed by atoms with Crippen molar-refractivity contribution in [1.29, 1.82) is 0 Å². The average molecular weight is 292 g/mol. The van der Waals surface area contributed by atoms with Crippen LogP contribution in [0, 0.1) is 17.0 Å². The minimum Gasteiger partial charge on any atom is -0.478 e. The second kappa shape index (κ2) is 5.70. The van der Waals surface area contributed by atoms with Crippen LogP contribution in [0.25, 0.3) is 0 Å². The number of nitro groups is 1. The third kappa shape index (κ3) is 2.94. The summed E-state index contributed by atoms with van der Waals surface area (Å²) in [6.07, 6.45) is 0. The fourth-order valence-electron chi connectivity index (χ4n) is 1.74. The first-order valence-corrected chi connectivity index (χ1v) is 6.70. The van der Waals surface area contributed by atoms with E-state index in [4.69, 9.17) is 5.11 Å². The Balaban J connectivity index is 2.25. The molecule has 0 aliphatic carbocycles. The van der Waals surface area contributed by atoms with Crippen LogP contribution in [0.2, 0.25) is 0 Å². The second-order valence-electron chi connectivity index (χ2n) is 4.23. The predicted octanol–water partition coefficient (Wildman–Crippen LogP) is 3.28. The van der Waals surface area contributed by atoms with E-state index in [2.05, 4.69) is 5.32 Å². The van der Waals surface area contributed by atoms with E-state index in [1.807, 2.05) is 17.7 Å². The lowest BCUT2D eigenvalue weighted by atomic mass is 10.1. The molecule has 1 aromatic heterocycles. The highest BCUT2D eigenvalue weighted by Crippen LogP contribution is 2.23. The highest BCUT2D eigenvalue weighted by molar-refractivity contribution is 7.08. The molecule has 0 saturated heterocycles. The topological polar surface area (TPSA) is 92.5 Å². The van der Waals surface area contributed by atoms with Crippen molar-refractivity contribution in [3.05, 3.63) is 55.8 Å². The SMILES string of the molecule is Cc1cscc1CNc1ccc([N+](=O)[O-])cc1C(=O)O. The van der Waals surface area contributed by atoms with Crippen LogP contribution in [0.1, 0.15) is 21.5 Å². The molecule has 0 aliphatic rings. The Hall–Kier alpha value is -2.41. The number of aromatic carboxylic acids is 1. The first-order valence-electron chi connectivity index (χ1n) is 5.76. The number of anilines is 1. The van der Waals surface area contributed by atoms with E-state index >= 15 is 0 Å². The van der Waals surface area contributed by atoms with Crippen molar-refractivity contribution in [2.75, 3.05) is 5.32 Å². The van der Waals surface area contributed by atoms with Gasteiger partial charge in [-0.15, -0.1) is 0 Å². The summed E-state index contributed by atoms with van der Waals surface area (Å²) in [6, 6.07) is 3.77. The summed E-state index contributed by atoms with van der Waals surface area (Å²) < 4.78 is 0. The standard InChI is InChI=1S/C13H12N2O4S/c1-8-6-20-7-9(8)5-14-12-3-2-10(15(18)19)4-11(12)13(16)17/h2-4,6-7,14H,5H2,1H3,(H,16,17). The van der Waals surface area contributed by atoms with E-state index in [0.29, 0.717) is 12.2 Å². The fourth-order valence-corrected chi connectivity index (χ4v) is 2.59. The second-order valence-corrected chi connectivity index (χ2v) is 4.97. The van der Waals surface area contributed by atoms with E-state index in [-0.39, 0.29) is 11.3 Å². The summed E-state index contributed by atoms with van der Waals surface area (Å²) in [6.45, 7) is 2.45. The molecule has 7 heteroatoms. The molecule has 2 aromatic rings. The van der Waals surface area contributed by atoms with E-state index < -0.39 is 10.9 Å². The fraction of sp³-hybridized carbons (Fsp3) is 0.154. The zero-order valence-electron chi connectivity index (χ0n) is 10.6. The number of nitrogens with zero attached hydrogens (tertiary/aromatic N) is 1. The molecule has 0 spiro atoms. The van der Waals surface area contributed by atoms with Gasteiger partial charge in [-0.05, 0) is 34.9 Å². The van der Waals surface area contributed by atoms with E-state index in [1.54, 1.807) is 11.3 Å². The molecule has 0 bridgehead atoms. The average Bonchev–Trinajstić information content (AvgIpc) is 2.81. The van der Waals surface area contributed by atoms with Crippen molar-refractivity contribution in [3.63, 3.8) is 0 Å². The highest BCUT2D eigenvalue weighted by Gasteiger charge is 2.16. The Morgan fingerprint density at radius 2 is 2.20 bits per heavy atom. The summed E-state index contributed by atoms with van der Waals surface area (Å²) in [4.78, 5) is 21.2. The molecule has 0 fully saturated rings. The number of benzene rings is 1. The number of nitro benzene ring substituents is 1. The van der Waals surface area contributed by atoms with Gasteiger partial charge in [0.1, 0.15) is 0 Å². The number of aryl methyl sites for hydroxylation is 1. The zero-order valence-corrected chi connectivity index (χ0v) is 11.4. The molecule has 0 atom stereocenters. The lowest BCUT2D eigenvalue weighted by Crippen LogP contribution is -2.07. The highest BCUT2D eigenvalue weighted by atomic mass is 32.1. The van der Waals surface area contributed by atoms with Crippen LogP contribution in [-0.4, -0.2) is 16.0 Å². The number of carbonyl (C=O) groups is 1. The number of hydrogen-bond acceptors (Lipinski definition) is 5. The van der Waals surface area contributed by atoms with Crippen LogP contribution in [0.15, 0.2) is 29.0 Å². The maximum atomic E-state index is 11.2. The van der Waals surface area contributed by atoms with Crippen molar-refractivity contribution < 1.29 is 14.8 Å². The van der Waals surface area contributed by atoms with Crippen LogP contribution in [0.4, 0.5) is 11.4 Å². The first-order chi connectivity index (χ1) is 9.49. The summed E-state index contributed by atoms with van der Waals surface area (Å²) in [5.74, 6) is -1.20. The third-order valence-corrected chi connectivity index (χ3v) is 3.79. The number of non-ortho nitro benzene ring substituents is 1. The van der Waals surface area contributed by atoms with Crippen LogP contribution in [0.3, 0.4) is 0 Å². The van der Waals surface area contributed by atoms with Gasteiger partial charge < -0.3 is 10.4 Å². The number of rotatable bonds is 5. The first kappa shape index (κ1) is 14.0. The van der Waals surface area contributed by atoms with Gasteiger partial charge in [-0.1, -0.05) is 0 Å². The molecule has 0 amide bonds. The quantitative estimate of drug-likeness (QED) is 0.651. The van der Waals surface area contributed by atoms with Gasteiger partial charge in [0.2, 0.25) is 0 Å². The van der Waals surface area contributed by atoms with Gasteiger partial charge in [-0.25, -0.2) is 4.79 Å². The number of hydrogen-bond donors (Lipinski definition) is 2. The van der Waals surface area contributed by atoms with Crippen LogP contribution in [0.5, 0.6) is 0 Å². The molecule has 104 valence electrons. The van der Waals surface area contributed by atoms with Crippen molar-refractivity contribution >= 4 is 28.7 Å². The lowest BCUT2D eigenvalue weighted by Gasteiger charge is -2.09. The van der Waals surface area contributed by atoms with Crippen molar-refractivity contribution in [3.8, 4) is 0 Å². The smallest absolute Gasteiger partial charge is 0.338 e. The summed E-state index contributed by atoms with van der Waals surface area (Å²) in [7, 11) is 0. The van der Waals surface area contributed by atoms with Gasteiger partial charge in [-0.3, -0.25) is 10.1 Å². The molecule has 2 rings (SSSR count). The zero-order chi connectivity index (χ0) is 14.7. The van der Waals surface area contributed by atoms with Gasteiger partial charge >= 0.3 is 5.97 Å². The Kier molecular flexibility index (Phi) is 3.99. The Labute approximate surface area is 118 Å². The third-order valence-electron chi connectivity index (χ3n) is 2.88. The molecule has 0 radical (unpaired) electrons. The predicted molar refractivity (Wildman–Crippen MR) is 76.4 cm³/mol. The van der Waals surface area contributed by atoms with E-state index in [0.717, 1.165) is 17.2 Å². The normalized spacial score (nSPS) is 10.2. The van der Waals surface area contributed by atoms with Gasteiger partial charge in [0.25, 0.3) is 5.69 Å². The largest absolute Gasteiger partial charge is 0.478 e. The molecule has 20 heavy (non-hydrogen) atoms. The maximum absolute atomic E-state index is 11.2. The molecule has 0 saturated carbocycles. The molecule has 2 N–H and O–H groups in total. The number of carboxylic acids is 1. The Morgan fingerprint density at radius 1 is 1.45 bits per heavy atom. The maximum Gasteiger partial charge on any atom is 0.338 e. The number of nitrogens with one attached hydrogen (secondary N) is 1. The minimum atomic E-state index is -1.20. The van der Waals surface area contributed by atoms with Crippen molar-refractivity contribution in [2.24, 2.45) is 0 Å². The van der Waals surface area contributed by atoms with Crippen molar-refractivity contribution in [2.45, 2.75) is 13.5 Å². The molecular formula is C13H12N2O4S. The van der Waals surface area contributed by atoms with Gasteiger partial charge in [0.15, 0.2) is 0 Å². The van der Waals surface area contributed by atoms with Gasteiger partial charge in [0.05, 0.1) is 10.5 Å². The molecule has 0 unspecified atom stereocenters. The van der Waals surface area contributed by atoms with E-state index in [9.17, 15) is 14.9 Å². The number of thiophene rings is 1. The van der Waals surface area contributed by atoms with Crippen LogP contribution >= 0.6 is 11.3 Å². The number of carboxylic acid groups (broad SMARTS) is 1. The summed E-state index contributed by atoms with van der Waals surface area (Å²) >= 11 is 1.57. The van der Waals surface area contributed by atoms with Gasteiger partial charge in [-0.2, -0.15) is 11.3 Å². The van der Waals surface area contributed by atoms with Gasteiger partial charge in [0, 0.05) is 24.4 Å². The Morgan fingerprint density at radius 3 is 2.75 bits per heavy atom. The minimum absolute atomic E-state index is 0.105. The monoisotopic (exact) mass is 292 g/mol. The molecule has 0 aliphatic heterocycles. The van der Waals surface area contributed by atoms with Crippen LogP contribution in [-0.2, 0) is 6.54 Å². The van der Waals surface area contributed by atoms with Crippen LogP contribution < -0.4 is 5.32 Å². The summed E-state index contributed by atoms with van der Waals surface area (Å²) in [5, 5.41) is 26.8.